The molecule has 8 heteroatoms. The number of nitrogens with one attached hydrogen (secondary N) is 2. The Morgan fingerprint density at radius 3 is 2.62 bits per heavy atom. The fourth-order valence-electron chi connectivity index (χ4n) is 2.28. The molecule has 26 heavy (non-hydrogen) atoms. The van der Waals surface area contributed by atoms with Crippen LogP contribution in [0.2, 0.25) is 5.02 Å². The maximum absolute atomic E-state index is 12.2. The summed E-state index contributed by atoms with van der Waals surface area (Å²) in [6.07, 6.45) is 0.395. The third-order valence-electron chi connectivity index (χ3n) is 3.51. The summed E-state index contributed by atoms with van der Waals surface area (Å²) in [5, 5.41) is 3.38. The van der Waals surface area contributed by atoms with Crippen LogP contribution in [0.1, 0.15) is 18.1 Å². The summed E-state index contributed by atoms with van der Waals surface area (Å²) in [6.45, 7) is 3.77. The van der Waals surface area contributed by atoms with Crippen LogP contribution in [0.15, 0.2) is 42.5 Å². The molecule has 0 fully saturated rings. The van der Waals surface area contributed by atoms with Gasteiger partial charge < -0.3 is 10.1 Å². The molecule has 2 N–H and O–H groups in total. The number of benzene rings is 2. The first-order valence-electron chi connectivity index (χ1n) is 7.91. The first-order chi connectivity index (χ1) is 12.1. The summed E-state index contributed by atoms with van der Waals surface area (Å²) in [6, 6.07) is 12.0. The van der Waals surface area contributed by atoms with Gasteiger partial charge in [-0.1, -0.05) is 23.7 Å². The van der Waals surface area contributed by atoms with Crippen molar-refractivity contribution in [3.8, 4) is 5.75 Å². The zero-order chi connectivity index (χ0) is 19.3. The minimum atomic E-state index is -3.35. The van der Waals surface area contributed by atoms with Gasteiger partial charge in [-0.05, 0) is 55.3 Å². The van der Waals surface area contributed by atoms with Gasteiger partial charge in [-0.25, -0.2) is 8.42 Å². The standard InChI is InChI=1S/C18H21ClN2O4S/c1-12-9-15(19)7-8-17(12)25-13(2)18(22)20-11-14-5-4-6-16(10-14)21-26(3,23)24/h4-10,13,21H,11H2,1-3H3,(H,20,22)/t13-/m0/s1. The van der Waals surface area contributed by atoms with Gasteiger partial charge in [0.2, 0.25) is 10.0 Å². The number of carbonyl (C=O) groups is 1. The second kappa shape index (κ2) is 8.42. The van der Waals surface area contributed by atoms with Crippen molar-refractivity contribution < 1.29 is 17.9 Å². The number of hydrogen-bond acceptors (Lipinski definition) is 4. The summed E-state index contributed by atoms with van der Waals surface area (Å²) in [7, 11) is -3.35. The number of rotatable bonds is 7. The highest BCUT2D eigenvalue weighted by Crippen LogP contribution is 2.22. The lowest BCUT2D eigenvalue weighted by Crippen LogP contribution is -2.36. The van der Waals surface area contributed by atoms with E-state index < -0.39 is 16.1 Å². The van der Waals surface area contributed by atoms with Gasteiger partial charge >= 0.3 is 0 Å². The number of carbonyl (C=O) groups excluding carboxylic acids is 1. The van der Waals surface area contributed by atoms with Gasteiger partial charge in [0.05, 0.1) is 6.26 Å². The Balaban J connectivity index is 1.94. The Kier molecular flexibility index (Phi) is 6.50. The van der Waals surface area contributed by atoms with Gasteiger partial charge in [0.15, 0.2) is 6.10 Å². The topological polar surface area (TPSA) is 84.5 Å². The van der Waals surface area contributed by atoms with Crippen LogP contribution in [-0.2, 0) is 21.4 Å². The Morgan fingerprint density at radius 2 is 1.96 bits per heavy atom. The van der Waals surface area contributed by atoms with Crippen LogP contribution in [0.5, 0.6) is 5.75 Å². The number of ether oxygens (including phenoxy) is 1. The number of amides is 1. The molecule has 0 aliphatic heterocycles. The van der Waals surface area contributed by atoms with Crippen LogP contribution >= 0.6 is 11.6 Å². The van der Waals surface area contributed by atoms with Crippen molar-refractivity contribution in [2.75, 3.05) is 11.0 Å². The van der Waals surface area contributed by atoms with Gasteiger partial charge in [0.1, 0.15) is 5.75 Å². The monoisotopic (exact) mass is 396 g/mol. The Hall–Kier alpha value is -2.25. The lowest BCUT2D eigenvalue weighted by Gasteiger charge is -2.16. The van der Waals surface area contributed by atoms with E-state index in [-0.39, 0.29) is 12.5 Å². The summed E-state index contributed by atoms with van der Waals surface area (Å²) >= 11 is 5.91. The number of hydrogen-bond donors (Lipinski definition) is 2. The molecule has 1 amide bonds. The quantitative estimate of drug-likeness (QED) is 0.753. The smallest absolute Gasteiger partial charge is 0.261 e. The Morgan fingerprint density at radius 1 is 1.23 bits per heavy atom. The molecule has 2 aromatic rings. The highest BCUT2D eigenvalue weighted by atomic mass is 35.5. The number of halogens is 1. The molecule has 0 aromatic heterocycles. The van der Waals surface area contributed by atoms with Crippen LogP contribution in [0, 0.1) is 6.92 Å². The van der Waals surface area contributed by atoms with E-state index in [1.54, 1.807) is 49.4 Å². The summed E-state index contributed by atoms with van der Waals surface area (Å²) in [5.41, 5.74) is 2.05. The molecule has 0 radical (unpaired) electrons. The molecule has 2 rings (SSSR count). The van der Waals surface area contributed by atoms with Crippen LogP contribution in [0.3, 0.4) is 0 Å². The average Bonchev–Trinajstić information content (AvgIpc) is 2.54. The molecule has 0 saturated carbocycles. The van der Waals surface area contributed by atoms with E-state index in [1.165, 1.54) is 0 Å². The highest BCUT2D eigenvalue weighted by Gasteiger charge is 2.15. The van der Waals surface area contributed by atoms with Crippen molar-refractivity contribution in [2.24, 2.45) is 0 Å². The van der Waals surface area contributed by atoms with E-state index in [2.05, 4.69) is 10.0 Å². The lowest BCUT2D eigenvalue weighted by atomic mass is 10.2. The number of aryl methyl sites for hydroxylation is 1. The first-order valence-corrected chi connectivity index (χ1v) is 10.2. The molecule has 140 valence electrons. The van der Waals surface area contributed by atoms with Crippen LogP contribution < -0.4 is 14.8 Å². The molecule has 0 aliphatic rings. The summed E-state index contributed by atoms with van der Waals surface area (Å²) in [4.78, 5) is 12.2. The molecule has 0 heterocycles. The molecule has 2 aromatic carbocycles. The molecule has 0 spiro atoms. The predicted molar refractivity (Wildman–Crippen MR) is 103 cm³/mol. The van der Waals surface area contributed by atoms with Crippen molar-refractivity contribution in [3.63, 3.8) is 0 Å². The second-order valence-corrected chi connectivity index (χ2v) is 8.15. The minimum Gasteiger partial charge on any atom is -0.481 e. The highest BCUT2D eigenvalue weighted by molar-refractivity contribution is 7.92. The molecule has 0 aliphatic carbocycles. The lowest BCUT2D eigenvalue weighted by molar-refractivity contribution is -0.127. The van der Waals surface area contributed by atoms with E-state index >= 15 is 0 Å². The van der Waals surface area contributed by atoms with Crippen molar-refractivity contribution in [1.82, 2.24) is 5.32 Å². The molecular weight excluding hydrogens is 376 g/mol. The van der Waals surface area contributed by atoms with Crippen molar-refractivity contribution in [2.45, 2.75) is 26.5 Å². The van der Waals surface area contributed by atoms with Crippen molar-refractivity contribution in [3.05, 3.63) is 58.6 Å². The molecule has 0 bridgehead atoms. The van der Waals surface area contributed by atoms with E-state index in [1.807, 2.05) is 6.92 Å². The Labute approximate surface area is 158 Å². The van der Waals surface area contributed by atoms with E-state index in [0.29, 0.717) is 16.5 Å². The third-order valence-corrected chi connectivity index (χ3v) is 4.35. The van der Waals surface area contributed by atoms with Crippen LogP contribution in [0.25, 0.3) is 0 Å². The molecular formula is C18H21ClN2O4S. The predicted octanol–water partition coefficient (Wildman–Crippen LogP) is 3.10. The van der Waals surface area contributed by atoms with Gasteiger partial charge in [0.25, 0.3) is 5.91 Å². The van der Waals surface area contributed by atoms with Gasteiger partial charge in [-0.2, -0.15) is 0 Å². The van der Waals surface area contributed by atoms with Gasteiger partial charge in [0, 0.05) is 17.3 Å². The zero-order valence-electron chi connectivity index (χ0n) is 14.7. The first kappa shape index (κ1) is 20.1. The number of anilines is 1. The average molecular weight is 397 g/mol. The minimum absolute atomic E-state index is 0.255. The second-order valence-electron chi connectivity index (χ2n) is 5.96. The molecule has 0 saturated heterocycles. The Bertz CT molecular complexity index is 900. The molecule has 1 atom stereocenters. The largest absolute Gasteiger partial charge is 0.481 e. The van der Waals surface area contributed by atoms with E-state index in [0.717, 1.165) is 17.4 Å². The number of sulfonamides is 1. The fraction of sp³-hybridized carbons (Fsp3) is 0.278. The normalized spacial score (nSPS) is 12.3. The molecule has 6 nitrogen and oxygen atoms in total. The zero-order valence-corrected chi connectivity index (χ0v) is 16.3. The van der Waals surface area contributed by atoms with Crippen molar-refractivity contribution in [1.29, 1.82) is 0 Å². The summed E-state index contributed by atoms with van der Waals surface area (Å²) in [5.74, 6) is 0.317. The molecule has 0 unspecified atom stereocenters. The SMILES string of the molecule is Cc1cc(Cl)ccc1O[C@@H](C)C(=O)NCc1cccc(NS(C)(=O)=O)c1. The van der Waals surface area contributed by atoms with Crippen molar-refractivity contribution >= 4 is 33.2 Å². The maximum Gasteiger partial charge on any atom is 0.261 e. The third kappa shape index (κ3) is 6.24. The van der Waals surface area contributed by atoms with E-state index in [4.69, 9.17) is 16.3 Å². The van der Waals surface area contributed by atoms with Crippen LogP contribution in [-0.4, -0.2) is 26.7 Å². The maximum atomic E-state index is 12.2. The van der Waals surface area contributed by atoms with Gasteiger partial charge in [-0.3, -0.25) is 9.52 Å². The van der Waals surface area contributed by atoms with E-state index in [9.17, 15) is 13.2 Å². The van der Waals surface area contributed by atoms with Crippen LogP contribution in [0.4, 0.5) is 5.69 Å². The summed E-state index contributed by atoms with van der Waals surface area (Å²) < 4.78 is 30.6. The fourth-order valence-corrected chi connectivity index (χ4v) is 3.06. The van der Waals surface area contributed by atoms with Gasteiger partial charge in [-0.15, -0.1) is 0 Å².